The lowest BCUT2D eigenvalue weighted by Gasteiger charge is -2.20. The van der Waals surface area contributed by atoms with Crippen LogP contribution >= 0.6 is 0 Å². The zero-order chi connectivity index (χ0) is 16.9. The number of amides is 1. The molecule has 23 heavy (non-hydrogen) atoms. The number of pyridine rings is 1. The fraction of sp³-hybridized carbons (Fsp3) is 0.333. The van der Waals surface area contributed by atoms with Crippen molar-refractivity contribution in [3.05, 3.63) is 59.7 Å². The summed E-state index contributed by atoms with van der Waals surface area (Å²) >= 11 is 0. The Morgan fingerprint density at radius 1 is 1.22 bits per heavy atom. The summed E-state index contributed by atoms with van der Waals surface area (Å²) in [6.45, 7) is 6.33. The largest absolute Gasteiger partial charge is 0.385 e. The minimum atomic E-state index is -0.312. The van der Waals surface area contributed by atoms with Gasteiger partial charge in [0.05, 0.1) is 0 Å². The molecule has 0 radical (unpaired) electrons. The van der Waals surface area contributed by atoms with Gasteiger partial charge in [-0.15, -0.1) is 0 Å². The Hall–Kier alpha value is -2.43. The van der Waals surface area contributed by atoms with E-state index in [1.165, 1.54) is 6.07 Å². The van der Waals surface area contributed by atoms with Gasteiger partial charge in [0.25, 0.3) is 5.91 Å². The molecule has 122 valence electrons. The first-order valence-corrected chi connectivity index (χ1v) is 7.61. The van der Waals surface area contributed by atoms with Crippen molar-refractivity contribution >= 4 is 11.6 Å². The number of benzene rings is 1. The van der Waals surface area contributed by atoms with E-state index in [0.717, 1.165) is 5.69 Å². The van der Waals surface area contributed by atoms with Gasteiger partial charge >= 0.3 is 0 Å². The van der Waals surface area contributed by atoms with Gasteiger partial charge < -0.3 is 10.6 Å². The summed E-state index contributed by atoms with van der Waals surface area (Å²) in [5.41, 5.74) is 1.50. The highest BCUT2D eigenvalue weighted by molar-refractivity contribution is 5.93. The summed E-state index contributed by atoms with van der Waals surface area (Å²) in [6, 6.07) is 10.2. The zero-order valence-corrected chi connectivity index (χ0v) is 13.7. The Labute approximate surface area is 136 Å². The lowest BCUT2D eigenvalue weighted by Crippen LogP contribution is -2.40. The molecule has 0 unspecified atom stereocenters. The average molecular weight is 315 g/mol. The zero-order valence-electron chi connectivity index (χ0n) is 13.7. The number of nitrogens with one attached hydrogen (secondary N) is 2. The molecule has 4 nitrogen and oxygen atoms in total. The summed E-state index contributed by atoms with van der Waals surface area (Å²) in [5, 5.41) is 6.07. The van der Waals surface area contributed by atoms with E-state index in [1.54, 1.807) is 30.5 Å². The molecule has 0 bridgehead atoms. The molecular weight excluding hydrogens is 293 g/mol. The van der Waals surface area contributed by atoms with Crippen LogP contribution in [0.1, 0.15) is 36.8 Å². The lowest BCUT2D eigenvalue weighted by atomic mass is 10.1. The van der Waals surface area contributed by atoms with Crippen LogP contribution in [0.15, 0.2) is 42.6 Å². The fourth-order valence-electron chi connectivity index (χ4n) is 2.11. The number of carbonyl (C=O) groups excluding carboxylic acids is 1. The highest BCUT2D eigenvalue weighted by Gasteiger charge is 2.16. The van der Waals surface area contributed by atoms with Crippen molar-refractivity contribution in [2.75, 3.05) is 11.9 Å². The second-order valence-corrected chi connectivity index (χ2v) is 6.40. The third-order valence-corrected chi connectivity index (χ3v) is 3.16. The van der Waals surface area contributed by atoms with Gasteiger partial charge in [-0.05, 0) is 51.0 Å². The SMILES string of the molecule is CC(C)(C)NC(=O)c1cc(NCCc2ccccc2F)ccn1. The molecule has 0 aliphatic rings. The molecule has 1 amide bonds. The maximum Gasteiger partial charge on any atom is 0.270 e. The van der Waals surface area contributed by atoms with Gasteiger partial charge in [0.1, 0.15) is 11.5 Å². The predicted molar refractivity (Wildman–Crippen MR) is 90.0 cm³/mol. The minimum absolute atomic E-state index is 0.200. The van der Waals surface area contributed by atoms with Crippen LogP contribution in [0, 0.1) is 5.82 Å². The summed E-state index contributed by atoms with van der Waals surface area (Å²) in [7, 11) is 0. The van der Waals surface area contributed by atoms with Crippen LogP contribution in [-0.2, 0) is 6.42 Å². The standard InChI is InChI=1S/C18H22FN3O/c1-18(2,3)22-17(23)16-12-14(9-11-21-16)20-10-8-13-6-4-5-7-15(13)19/h4-7,9,11-12H,8,10H2,1-3H3,(H,20,21)(H,22,23). The molecule has 0 aliphatic heterocycles. The van der Waals surface area contributed by atoms with Gasteiger partial charge in [0.2, 0.25) is 0 Å². The third kappa shape index (κ3) is 5.36. The van der Waals surface area contributed by atoms with Gasteiger partial charge in [0, 0.05) is 24.0 Å². The Kier molecular flexibility index (Phi) is 5.32. The van der Waals surface area contributed by atoms with E-state index in [1.807, 2.05) is 26.8 Å². The Bertz CT molecular complexity index is 680. The summed E-state index contributed by atoms with van der Waals surface area (Å²) in [4.78, 5) is 16.2. The van der Waals surface area contributed by atoms with E-state index in [9.17, 15) is 9.18 Å². The number of hydrogen-bond acceptors (Lipinski definition) is 3. The Morgan fingerprint density at radius 2 is 1.96 bits per heavy atom. The molecule has 0 aliphatic carbocycles. The van der Waals surface area contributed by atoms with Crippen LogP contribution in [0.4, 0.5) is 10.1 Å². The molecule has 0 saturated carbocycles. The van der Waals surface area contributed by atoms with Crippen molar-refractivity contribution in [2.45, 2.75) is 32.7 Å². The number of carbonyl (C=O) groups is 1. The number of anilines is 1. The normalized spacial score (nSPS) is 11.1. The van der Waals surface area contributed by atoms with Crippen LogP contribution in [0.25, 0.3) is 0 Å². The molecular formula is C18H22FN3O. The first kappa shape index (κ1) is 16.9. The maximum absolute atomic E-state index is 13.6. The van der Waals surface area contributed by atoms with Crippen molar-refractivity contribution in [1.29, 1.82) is 0 Å². The van der Waals surface area contributed by atoms with Gasteiger partial charge in [0.15, 0.2) is 0 Å². The van der Waals surface area contributed by atoms with Crippen molar-refractivity contribution in [3.8, 4) is 0 Å². The second-order valence-electron chi connectivity index (χ2n) is 6.40. The Morgan fingerprint density at radius 3 is 2.65 bits per heavy atom. The number of rotatable bonds is 5. The van der Waals surface area contributed by atoms with E-state index in [4.69, 9.17) is 0 Å². The number of halogens is 1. The third-order valence-electron chi connectivity index (χ3n) is 3.16. The summed E-state index contributed by atoms with van der Waals surface area (Å²) in [5.74, 6) is -0.412. The van der Waals surface area contributed by atoms with Crippen molar-refractivity contribution in [1.82, 2.24) is 10.3 Å². The Balaban J connectivity index is 1.95. The molecule has 0 fully saturated rings. The van der Waals surface area contributed by atoms with E-state index < -0.39 is 0 Å². The lowest BCUT2D eigenvalue weighted by molar-refractivity contribution is 0.0914. The quantitative estimate of drug-likeness (QED) is 0.889. The maximum atomic E-state index is 13.6. The van der Waals surface area contributed by atoms with E-state index in [-0.39, 0.29) is 17.3 Å². The molecule has 0 saturated heterocycles. The van der Waals surface area contributed by atoms with Crippen molar-refractivity contribution < 1.29 is 9.18 Å². The highest BCUT2D eigenvalue weighted by atomic mass is 19.1. The molecule has 1 heterocycles. The van der Waals surface area contributed by atoms with Crippen LogP contribution in [0.3, 0.4) is 0 Å². The number of hydrogen-bond donors (Lipinski definition) is 2. The first-order valence-electron chi connectivity index (χ1n) is 7.61. The molecule has 5 heteroatoms. The van der Waals surface area contributed by atoms with Gasteiger partial charge in [-0.1, -0.05) is 18.2 Å². The van der Waals surface area contributed by atoms with Gasteiger partial charge in [-0.2, -0.15) is 0 Å². The van der Waals surface area contributed by atoms with Gasteiger partial charge in [-0.3, -0.25) is 9.78 Å². The molecule has 2 aromatic rings. The molecule has 0 spiro atoms. The second kappa shape index (κ2) is 7.22. The molecule has 0 atom stereocenters. The van der Waals surface area contributed by atoms with Crippen molar-refractivity contribution in [2.24, 2.45) is 0 Å². The number of aromatic nitrogens is 1. The molecule has 2 N–H and O–H groups in total. The number of nitrogens with zero attached hydrogens (tertiary/aromatic N) is 1. The molecule has 2 rings (SSSR count). The predicted octanol–water partition coefficient (Wildman–Crippen LogP) is 3.40. The van der Waals surface area contributed by atoms with Crippen LogP contribution in [0.5, 0.6) is 0 Å². The van der Waals surface area contributed by atoms with Crippen LogP contribution in [0.2, 0.25) is 0 Å². The molecule has 1 aromatic carbocycles. The summed E-state index contributed by atoms with van der Waals surface area (Å²) < 4.78 is 13.6. The molecule has 1 aromatic heterocycles. The van der Waals surface area contributed by atoms with Crippen LogP contribution < -0.4 is 10.6 Å². The first-order chi connectivity index (χ1) is 10.8. The highest BCUT2D eigenvalue weighted by Crippen LogP contribution is 2.11. The fourth-order valence-corrected chi connectivity index (χ4v) is 2.11. The van der Waals surface area contributed by atoms with E-state index in [0.29, 0.717) is 24.2 Å². The monoisotopic (exact) mass is 315 g/mol. The van der Waals surface area contributed by atoms with E-state index in [2.05, 4.69) is 15.6 Å². The minimum Gasteiger partial charge on any atom is -0.385 e. The van der Waals surface area contributed by atoms with Gasteiger partial charge in [-0.25, -0.2) is 4.39 Å². The summed E-state index contributed by atoms with van der Waals surface area (Å²) in [6.07, 6.45) is 2.15. The smallest absolute Gasteiger partial charge is 0.270 e. The average Bonchev–Trinajstić information content (AvgIpc) is 2.48. The topological polar surface area (TPSA) is 54.0 Å². The van der Waals surface area contributed by atoms with Crippen molar-refractivity contribution in [3.63, 3.8) is 0 Å². The van der Waals surface area contributed by atoms with E-state index >= 15 is 0 Å². The van der Waals surface area contributed by atoms with Crippen LogP contribution in [-0.4, -0.2) is 23.0 Å².